The Bertz CT molecular complexity index is 2050. The number of aryl methyl sites for hydroxylation is 2. The number of hydrogen-bond donors (Lipinski definition) is 3. The molecule has 0 radical (unpaired) electrons. The fourth-order valence-electron chi connectivity index (χ4n) is 8.35. The second kappa shape index (κ2) is 20.8. The molecule has 3 N–H and O–H groups in total. The van der Waals surface area contributed by atoms with Gasteiger partial charge in [-0.1, -0.05) is 44.2 Å². The third kappa shape index (κ3) is 10.7. The van der Waals surface area contributed by atoms with E-state index in [1.54, 1.807) is 35.6 Å². The molecular formula is C44H58N6O9. The maximum absolute atomic E-state index is 13.3. The van der Waals surface area contributed by atoms with Crippen LogP contribution in [0.15, 0.2) is 41.3 Å². The van der Waals surface area contributed by atoms with Crippen molar-refractivity contribution in [2.75, 3.05) is 41.4 Å². The highest BCUT2D eigenvalue weighted by Crippen LogP contribution is 2.38. The molecule has 1 atom stereocenters. The summed E-state index contributed by atoms with van der Waals surface area (Å²) in [5, 5.41) is 12.3. The first-order valence-electron chi connectivity index (χ1n) is 20.4. The van der Waals surface area contributed by atoms with Crippen LogP contribution in [-0.2, 0) is 53.9 Å². The first-order valence-corrected chi connectivity index (χ1v) is 20.4. The van der Waals surface area contributed by atoms with E-state index in [2.05, 4.69) is 21.6 Å². The highest BCUT2D eigenvalue weighted by Gasteiger charge is 2.39. The van der Waals surface area contributed by atoms with E-state index in [1.807, 2.05) is 44.6 Å². The van der Waals surface area contributed by atoms with Crippen molar-refractivity contribution < 1.29 is 38.6 Å². The van der Waals surface area contributed by atoms with Gasteiger partial charge in [-0.2, -0.15) is 0 Å². The van der Waals surface area contributed by atoms with Gasteiger partial charge in [0.05, 0.1) is 26.3 Å². The summed E-state index contributed by atoms with van der Waals surface area (Å²) in [6, 6.07) is 9.09. The van der Waals surface area contributed by atoms with Crippen LogP contribution in [-0.4, -0.2) is 102 Å². The van der Waals surface area contributed by atoms with E-state index in [1.165, 1.54) is 0 Å². The van der Waals surface area contributed by atoms with Crippen LogP contribution in [0.1, 0.15) is 96.0 Å². The van der Waals surface area contributed by atoms with Crippen LogP contribution in [0.2, 0.25) is 0 Å². The minimum absolute atomic E-state index is 0.0939. The number of carboxylic acid groups (broad SMARTS) is 1. The zero-order chi connectivity index (χ0) is 42.6. The first-order chi connectivity index (χ1) is 28.4. The van der Waals surface area contributed by atoms with Crippen LogP contribution >= 0.6 is 0 Å². The molecule has 3 aliphatic heterocycles. The molecule has 6 rings (SSSR count). The molecule has 15 nitrogen and oxygen atoms in total. The number of pyridine rings is 1. The summed E-state index contributed by atoms with van der Waals surface area (Å²) in [5.41, 5.74) is 7.14. The van der Waals surface area contributed by atoms with E-state index in [-0.39, 0.29) is 48.7 Å². The van der Waals surface area contributed by atoms with Crippen LogP contribution in [0.25, 0.3) is 11.1 Å². The molecule has 0 spiro atoms. The molecule has 3 aromatic rings. The third-order valence-corrected chi connectivity index (χ3v) is 11.3. The Morgan fingerprint density at radius 2 is 1.58 bits per heavy atom. The third-order valence-electron chi connectivity index (χ3n) is 11.3. The second-order valence-corrected chi connectivity index (χ2v) is 15.6. The van der Waals surface area contributed by atoms with E-state index in [0.29, 0.717) is 50.1 Å². The lowest BCUT2D eigenvalue weighted by Crippen LogP contribution is -2.52. The lowest BCUT2D eigenvalue weighted by molar-refractivity contribution is -0.137. The van der Waals surface area contributed by atoms with Crippen molar-refractivity contribution in [1.29, 1.82) is 0 Å². The van der Waals surface area contributed by atoms with Crippen LogP contribution < -0.4 is 25.7 Å². The van der Waals surface area contributed by atoms with Crippen LogP contribution in [0.5, 0.6) is 11.5 Å². The van der Waals surface area contributed by atoms with Crippen LogP contribution in [0, 0.1) is 0 Å². The normalized spacial score (nSPS) is 15.9. The van der Waals surface area contributed by atoms with Gasteiger partial charge in [0.1, 0.15) is 17.5 Å². The van der Waals surface area contributed by atoms with Crippen LogP contribution in [0.4, 0.5) is 4.79 Å². The number of unbranched alkanes of at least 4 members (excludes halogenated alkanes) is 6. The van der Waals surface area contributed by atoms with Gasteiger partial charge in [-0.05, 0) is 86.7 Å². The number of methoxy groups -OCH3 is 2. The van der Waals surface area contributed by atoms with Gasteiger partial charge in [-0.3, -0.25) is 29.3 Å². The van der Waals surface area contributed by atoms with Crippen molar-refractivity contribution >= 4 is 30.2 Å². The van der Waals surface area contributed by atoms with Gasteiger partial charge in [-0.25, -0.2) is 4.79 Å². The summed E-state index contributed by atoms with van der Waals surface area (Å²) in [6.07, 6.45) is 11.3. The minimum Gasteiger partial charge on any atom is -0.496 e. The quantitative estimate of drug-likeness (QED) is 0.105. The Labute approximate surface area is 345 Å². The van der Waals surface area contributed by atoms with Crippen molar-refractivity contribution in [2.24, 2.45) is 7.05 Å². The Hall–Kier alpha value is -5.70. The maximum Gasteiger partial charge on any atom is 0.317 e. The number of carbonyl (C=O) groups excluding carboxylic acids is 4. The summed E-state index contributed by atoms with van der Waals surface area (Å²) < 4.78 is 13.1. The van der Waals surface area contributed by atoms with Gasteiger partial charge >= 0.3 is 6.03 Å². The summed E-state index contributed by atoms with van der Waals surface area (Å²) in [4.78, 5) is 77.5. The number of amides is 5. The average molecular weight is 815 g/mol. The predicted octanol–water partition coefficient (Wildman–Crippen LogP) is 4.63. The first kappa shape index (κ1) is 44.4. The molecule has 3 aliphatic rings. The summed E-state index contributed by atoms with van der Waals surface area (Å²) in [5.74, 6) is 0.649. The highest BCUT2D eigenvalue weighted by atomic mass is 16.5. The van der Waals surface area contributed by atoms with Gasteiger partial charge in [-0.15, -0.1) is 0 Å². The lowest BCUT2D eigenvalue weighted by atomic mass is 9.91. The van der Waals surface area contributed by atoms with E-state index in [4.69, 9.17) is 19.4 Å². The molecule has 59 heavy (non-hydrogen) atoms. The maximum atomic E-state index is 13.3. The fourth-order valence-corrected chi connectivity index (χ4v) is 8.35. The largest absolute Gasteiger partial charge is 0.496 e. The van der Waals surface area contributed by atoms with E-state index in [0.717, 1.165) is 96.2 Å². The lowest BCUT2D eigenvalue weighted by Gasteiger charge is -2.30. The number of imide groups is 1. The molecule has 1 unspecified atom stereocenters. The van der Waals surface area contributed by atoms with Crippen molar-refractivity contribution in [3.05, 3.63) is 80.3 Å². The molecule has 0 bridgehead atoms. The number of fused-ring (bicyclic) bond motifs is 2. The molecule has 15 heteroatoms. The van der Waals surface area contributed by atoms with Crippen molar-refractivity contribution in [1.82, 2.24) is 29.9 Å². The number of nitrogens with zero attached hydrogens (tertiary/aromatic N) is 4. The molecule has 0 aliphatic carbocycles. The number of urea groups is 1. The number of piperidine rings is 1. The Morgan fingerprint density at radius 3 is 2.22 bits per heavy atom. The van der Waals surface area contributed by atoms with Gasteiger partial charge in [0, 0.05) is 62.5 Å². The Kier molecular flexibility index (Phi) is 15.7. The van der Waals surface area contributed by atoms with Crippen molar-refractivity contribution in [3.8, 4) is 22.6 Å². The number of ether oxygens (including phenoxy) is 2. The zero-order valence-corrected chi connectivity index (χ0v) is 34.9. The number of benzene rings is 2. The molecule has 318 valence electrons. The van der Waals surface area contributed by atoms with E-state index in [9.17, 15) is 24.0 Å². The number of hydrogen-bond acceptors (Lipinski definition) is 9. The molecule has 1 aromatic heterocycles. The minimum atomic E-state index is -0.598. The topological polar surface area (TPSA) is 180 Å². The average Bonchev–Trinajstić information content (AvgIpc) is 3.55. The Morgan fingerprint density at radius 1 is 0.915 bits per heavy atom. The SMILES string of the molecule is COc1cc(-c2cn(C)c(=O)c3c2CCN(C(=O)NCCCCCCCCCc2cccc4c2CN(C2CCC(=O)NC2=O)C4=O)C3)cc(OC)c1CN(C)C.O=CO. The summed E-state index contributed by atoms with van der Waals surface area (Å²) in [6.45, 7) is 2.19. The molecule has 5 amide bonds. The number of carbonyl (C=O) groups is 5. The Balaban J connectivity index is 0.00000214. The summed E-state index contributed by atoms with van der Waals surface area (Å²) in [7, 11) is 9.04. The van der Waals surface area contributed by atoms with Gasteiger partial charge < -0.3 is 39.2 Å². The predicted molar refractivity (Wildman–Crippen MR) is 222 cm³/mol. The fraction of sp³-hybridized carbons (Fsp3) is 0.500. The van der Waals surface area contributed by atoms with Crippen LogP contribution in [0.3, 0.4) is 0 Å². The molecule has 1 fully saturated rings. The van der Waals surface area contributed by atoms with Crippen molar-refractivity contribution in [2.45, 2.75) is 96.3 Å². The zero-order valence-electron chi connectivity index (χ0n) is 34.9. The number of rotatable bonds is 16. The van der Waals surface area contributed by atoms with Gasteiger partial charge in [0.25, 0.3) is 17.9 Å². The molecule has 2 aromatic carbocycles. The number of aromatic nitrogens is 1. The molecule has 4 heterocycles. The van der Waals surface area contributed by atoms with E-state index >= 15 is 0 Å². The molecular weight excluding hydrogens is 757 g/mol. The number of nitrogens with one attached hydrogen (secondary N) is 2. The van der Waals surface area contributed by atoms with Crippen molar-refractivity contribution in [3.63, 3.8) is 0 Å². The molecule has 1 saturated heterocycles. The monoisotopic (exact) mass is 814 g/mol. The second-order valence-electron chi connectivity index (χ2n) is 15.6. The van der Waals surface area contributed by atoms with Gasteiger partial charge in [0.2, 0.25) is 11.8 Å². The molecule has 0 saturated carbocycles. The highest BCUT2D eigenvalue weighted by molar-refractivity contribution is 6.05. The van der Waals surface area contributed by atoms with E-state index < -0.39 is 6.04 Å². The standard InChI is InChI=1S/C43H56N6O7.CH2O2/c1-46(2)24-35-37(55-4)22-29(23-38(35)56-5)32-25-47(3)41(52)34-26-48(21-19-30(32)34)43(54)44-20-12-10-8-6-7-9-11-14-28-15-13-16-31-33(28)27-49(42(31)53)36-17-18-39(50)45-40(36)51;2-1-3/h13,15-16,22-23,25,36H,6-12,14,17-21,24,26-27H2,1-5H3,(H,44,54)(H,45,50,51);1H,(H,2,3). The van der Waals surface area contributed by atoms with Gasteiger partial charge in [0.15, 0.2) is 0 Å². The summed E-state index contributed by atoms with van der Waals surface area (Å²) >= 11 is 0. The smallest absolute Gasteiger partial charge is 0.317 e.